The highest BCUT2D eigenvalue weighted by Gasteiger charge is 2.66. The quantitative estimate of drug-likeness (QED) is 0.208. The first-order chi connectivity index (χ1) is 22.6. The summed E-state index contributed by atoms with van der Waals surface area (Å²) in [5, 5.41) is 3.42. The minimum Gasteiger partial charge on any atom is -0.463 e. The lowest BCUT2D eigenvalue weighted by atomic mass is 9.90. The molecule has 0 bridgehead atoms. The van der Waals surface area contributed by atoms with E-state index in [-0.39, 0.29) is 43.3 Å². The van der Waals surface area contributed by atoms with E-state index in [0.717, 1.165) is 13.1 Å². The summed E-state index contributed by atoms with van der Waals surface area (Å²) < 4.78 is 58.9. The van der Waals surface area contributed by atoms with Crippen LogP contribution in [0.1, 0.15) is 65.5 Å². The molecule has 1 N–H and O–H groups in total. The van der Waals surface area contributed by atoms with Crippen molar-refractivity contribution in [2.45, 2.75) is 92.5 Å². The average Bonchev–Trinajstić information content (AvgIpc) is 3.93. The van der Waals surface area contributed by atoms with Crippen LogP contribution < -0.4 is 5.32 Å². The Kier molecular flexibility index (Phi) is 21.2. The second kappa shape index (κ2) is 23.2. The maximum atomic E-state index is 12.6. The molecule has 0 heterocycles. The molecule has 9 nitrogen and oxygen atoms in total. The smallest absolute Gasteiger partial charge is 0.373 e. The summed E-state index contributed by atoms with van der Waals surface area (Å²) in [6.45, 7) is 12.3. The van der Waals surface area contributed by atoms with Gasteiger partial charge in [-0.05, 0) is 57.6 Å². The number of hydrogen-bond acceptors (Lipinski definition) is 9. The van der Waals surface area contributed by atoms with Crippen LogP contribution in [0.5, 0.6) is 0 Å². The van der Waals surface area contributed by atoms with Gasteiger partial charge in [0.15, 0.2) is 0 Å². The van der Waals surface area contributed by atoms with E-state index in [0.29, 0.717) is 0 Å². The highest BCUT2D eigenvalue weighted by Crippen LogP contribution is 2.61. The molecule has 2 aliphatic carbocycles. The Morgan fingerprint density at radius 1 is 0.750 bits per heavy atom. The van der Waals surface area contributed by atoms with Crippen molar-refractivity contribution < 1.29 is 55.8 Å². The summed E-state index contributed by atoms with van der Waals surface area (Å²) in [7, 11) is 0. The number of nitrogens with one attached hydrogen (secondary N) is 1. The van der Waals surface area contributed by atoms with Gasteiger partial charge in [-0.25, -0.2) is 17.6 Å². The summed E-state index contributed by atoms with van der Waals surface area (Å²) in [5.41, 5.74) is 1.72. The van der Waals surface area contributed by atoms with Crippen LogP contribution >= 0.6 is 0 Å². The van der Waals surface area contributed by atoms with Crippen molar-refractivity contribution in [1.29, 1.82) is 0 Å². The summed E-state index contributed by atoms with van der Waals surface area (Å²) in [6.07, 6.45) is -4.22. The van der Waals surface area contributed by atoms with Crippen LogP contribution in [0.15, 0.2) is 60.7 Å². The summed E-state index contributed by atoms with van der Waals surface area (Å²) in [6, 6.07) is 20.9. The number of hydrogen-bond donors (Lipinski definition) is 1. The minimum atomic E-state index is -2.42. The van der Waals surface area contributed by atoms with E-state index in [1.54, 1.807) is 41.5 Å². The van der Waals surface area contributed by atoms with Crippen LogP contribution in [-0.2, 0) is 51.3 Å². The lowest BCUT2D eigenvalue weighted by molar-refractivity contribution is -0.193. The van der Waals surface area contributed by atoms with E-state index >= 15 is 0 Å². The zero-order chi connectivity index (χ0) is 36.9. The number of ether oxygens (including phenoxy) is 2. The number of alkyl halides is 4. The van der Waals surface area contributed by atoms with Gasteiger partial charge in [-0.3, -0.25) is 9.59 Å². The summed E-state index contributed by atoms with van der Waals surface area (Å²) >= 11 is 0. The Balaban J connectivity index is 0.000000640. The van der Waals surface area contributed by atoms with E-state index in [2.05, 4.69) is 53.8 Å². The molecule has 2 aromatic carbocycles. The van der Waals surface area contributed by atoms with E-state index in [1.165, 1.54) is 11.1 Å². The molecule has 266 valence electrons. The highest BCUT2D eigenvalue weighted by molar-refractivity contribution is 5.81. The number of carbonyl (C=O) groups excluding carboxylic acids is 6. The Bertz CT molecular complexity index is 1210. The van der Waals surface area contributed by atoms with Gasteiger partial charge in [-0.15, -0.1) is 0 Å². The zero-order valence-corrected chi connectivity index (χ0v) is 28.0. The SMILES string of the molecule is CC(C)OC(=O)C1(C(C)C)CC1C(F)F.CC(C)OC(=O)[C@H]1C[C@H]1C(F)F.O=C=O.O=C=O.c1ccc(CNCc2ccccc2)cc1. The number of halogens is 4. The maximum absolute atomic E-state index is 12.6. The first-order valence-electron chi connectivity index (χ1n) is 15.4. The summed E-state index contributed by atoms with van der Waals surface area (Å²) in [4.78, 5) is 55.2. The van der Waals surface area contributed by atoms with Gasteiger partial charge >= 0.3 is 24.2 Å². The lowest BCUT2D eigenvalue weighted by Crippen LogP contribution is -2.30. The Hall–Kier alpha value is -4.18. The van der Waals surface area contributed by atoms with Gasteiger partial charge in [0.05, 0.1) is 23.5 Å². The van der Waals surface area contributed by atoms with Crippen LogP contribution in [0, 0.1) is 29.1 Å². The highest BCUT2D eigenvalue weighted by atomic mass is 19.3. The molecule has 2 fully saturated rings. The molecular weight excluding hydrogens is 638 g/mol. The molecular formula is C35H45F4NO8. The van der Waals surface area contributed by atoms with Crippen molar-refractivity contribution in [3.05, 3.63) is 71.8 Å². The molecule has 0 aromatic heterocycles. The molecule has 2 aromatic rings. The molecule has 0 spiro atoms. The van der Waals surface area contributed by atoms with Gasteiger partial charge < -0.3 is 14.8 Å². The summed E-state index contributed by atoms with van der Waals surface area (Å²) in [5.74, 6) is -3.15. The number of benzene rings is 2. The number of rotatable bonds is 11. The fourth-order valence-corrected chi connectivity index (χ4v) is 4.70. The topological polar surface area (TPSA) is 133 Å². The Morgan fingerprint density at radius 2 is 1.17 bits per heavy atom. The van der Waals surface area contributed by atoms with Crippen molar-refractivity contribution in [2.24, 2.45) is 29.1 Å². The third-order valence-electron chi connectivity index (χ3n) is 7.28. The van der Waals surface area contributed by atoms with Crippen LogP contribution in [-0.4, -0.2) is 49.3 Å². The van der Waals surface area contributed by atoms with Gasteiger partial charge in [0.1, 0.15) is 0 Å². The third kappa shape index (κ3) is 16.6. The largest absolute Gasteiger partial charge is 0.463 e. The fraction of sp³-hybridized carbons (Fsp3) is 0.543. The van der Waals surface area contributed by atoms with Gasteiger partial charge in [-0.2, -0.15) is 19.2 Å². The predicted molar refractivity (Wildman–Crippen MR) is 165 cm³/mol. The maximum Gasteiger partial charge on any atom is 0.373 e. The van der Waals surface area contributed by atoms with E-state index in [1.807, 2.05) is 12.1 Å². The number of esters is 2. The molecule has 2 aliphatic rings. The lowest BCUT2D eigenvalue weighted by Gasteiger charge is -2.21. The molecule has 4 atom stereocenters. The van der Waals surface area contributed by atoms with E-state index in [9.17, 15) is 27.2 Å². The fourth-order valence-electron chi connectivity index (χ4n) is 4.70. The van der Waals surface area contributed by atoms with Gasteiger partial charge in [0.2, 0.25) is 12.9 Å². The monoisotopic (exact) mass is 683 g/mol. The van der Waals surface area contributed by atoms with Crippen LogP contribution in [0.2, 0.25) is 0 Å². The van der Waals surface area contributed by atoms with Crippen molar-refractivity contribution in [3.63, 3.8) is 0 Å². The third-order valence-corrected chi connectivity index (χ3v) is 7.28. The number of carbonyl (C=O) groups is 2. The Morgan fingerprint density at radius 3 is 1.46 bits per heavy atom. The van der Waals surface area contributed by atoms with Crippen LogP contribution in [0.25, 0.3) is 0 Å². The average molecular weight is 684 g/mol. The normalized spacial score (nSPS) is 19.9. The molecule has 0 aliphatic heterocycles. The Labute approximate surface area is 278 Å². The minimum absolute atomic E-state index is 0.0947. The van der Waals surface area contributed by atoms with Gasteiger partial charge in [0, 0.05) is 24.9 Å². The molecule has 2 saturated carbocycles. The second-order valence-electron chi connectivity index (χ2n) is 11.9. The standard InChI is InChI=1S/C14H15N.C11H18F2O2.C8H12F2O2.2CO2/c1-3-7-13(8-4-1)11-15-12-14-9-5-2-6-10-14;1-6(2)11(5-8(11)9(12)13)10(14)15-7(3)4;1-4(2)12-8(11)6-3-5(6)7(9)10;2*2-1-3/h1-10,15H,11-12H2;6-9H,5H2,1-4H3;4-7H,3H2,1-2H3;;/t;;5-,6+;;/m..1../s1. The predicted octanol–water partition coefficient (Wildman–Crippen LogP) is 6.51. The molecule has 0 saturated heterocycles. The zero-order valence-electron chi connectivity index (χ0n) is 28.0. The first-order valence-corrected chi connectivity index (χ1v) is 15.4. The molecule has 48 heavy (non-hydrogen) atoms. The second-order valence-corrected chi connectivity index (χ2v) is 11.9. The molecule has 2 unspecified atom stereocenters. The van der Waals surface area contributed by atoms with Gasteiger partial charge in [0.25, 0.3) is 0 Å². The molecule has 13 heteroatoms. The molecule has 0 amide bonds. The molecule has 0 radical (unpaired) electrons. The van der Waals surface area contributed by atoms with E-state index < -0.39 is 48.0 Å². The van der Waals surface area contributed by atoms with Crippen LogP contribution in [0.4, 0.5) is 17.6 Å². The van der Waals surface area contributed by atoms with Gasteiger partial charge in [-0.1, -0.05) is 74.5 Å². The first kappa shape index (κ1) is 43.8. The van der Waals surface area contributed by atoms with Crippen molar-refractivity contribution in [1.82, 2.24) is 5.32 Å². The van der Waals surface area contributed by atoms with Crippen molar-refractivity contribution in [3.8, 4) is 0 Å². The molecule has 4 rings (SSSR count). The van der Waals surface area contributed by atoms with Crippen molar-refractivity contribution >= 4 is 24.2 Å². The van der Waals surface area contributed by atoms with Crippen molar-refractivity contribution in [2.75, 3.05) is 0 Å². The van der Waals surface area contributed by atoms with Crippen LogP contribution in [0.3, 0.4) is 0 Å². The van der Waals surface area contributed by atoms with E-state index in [4.69, 9.17) is 28.7 Å².